The summed E-state index contributed by atoms with van der Waals surface area (Å²) in [4.78, 5) is 12.0. The molecule has 0 aliphatic carbocycles. The Hall–Kier alpha value is -1.68. The van der Waals surface area contributed by atoms with Gasteiger partial charge in [-0.05, 0) is 45.6 Å². The van der Waals surface area contributed by atoms with Crippen molar-refractivity contribution in [3.63, 3.8) is 0 Å². The molecular formula is C16H15BrFNO. The Morgan fingerprint density at radius 1 is 1.15 bits per heavy atom. The second-order valence-electron chi connectivity index (χ2n) is 4.41. The summed E-state index contributed by atoms with van der Waals surface area (Å²) in [6, 6.07) is 12.6. The minimum Gasteiger partial charge on any atom is -0.348 e. The normalized spacial score (nSPS) is 10.3. The monoisotopic (exact) mass is 335 g/mol. The number of benzene rings is 2. The van der Waals surface area contributed by atoms with Gasteiger partial charge in [0.2, 0.25) is 0 Å². The van der Waals surface area contributed by atoms with Crippen LogP contribution in [-0.4, -0.2) is 5.91 Å². The van der Waals surface area contributed by atoms with E-state index in [1.54, 1.807) is 12.1 Å². The number of aryl methyl sites for hydroxylation is 1. The highest BCUT2D eigenvalue weighted by Gasteiger charge is 2.13. The van der Waals surface area contributed by atoms with Gasteiger partial charge in [-0.15, -0.1) is 0 Å². The maximum atomic E-state index is 13.8. The van der Waals surface area contributed by atoms with E-state index >= 15 is 0 Å². The molecule has 0 radical (unpaired) electrons. The molecule has 0 aliphatic heterocycles. The van der Waals surface area contributed by atoms with Crippen LogP contribution in [0.2, 0.25) is 0 Å². The van der Waals surface area contributed by atoms with Gasteiger partial charge >= 0.3 is 0 Å². The van der Waals surface area contributed by atoms with Crippen molar-refractivity contribution in [2.24, 2.45) is 0 Å². The number of hydrogen-bond donors (Lipinski definition) is 1. The highest BCUT2D eigenvalue weighted by atomic mass is 79.9. The smallest absolute Gasteiger partial charge is 0.254 e. The summed E-state index contributed by atoms with van der Waals surface area (Å²) < 4.78 is 14.1. The first kappa shape index (κ1) is 14.7. The molecule has 0 heterocycles. The lowest BCUT2D eigenvalue weighted by molar-refractivity contribution is 0.0946. The molecule has 0 aromatic heterocycles. The zero-order valence-electron chi connectivity index (χ0n) is 11.1. The van der Waals surface area contributed by atoms with Crippen LogP contribution in [0.25, 0.3) is 0 Å². The summed E-state index contributed by atoms with van der Waals surface area (Å²) in [5, 5.41) is 2.76. The van der Waals surface area contributed by atoms with Gasteiger partial charge in [0.1, 0.15) is 5.82 Å². The van der Waals surface area contributed by atoms with E-state index < -0.39 is 11.7 Å². The number of amides is 1. The van der Waals surface area contributed by atoms with Crippen molar-refractivity contribution in [1.82, 2.24) is 5.32 Å². The van der Waals surface area contributed by atoms with E-state index in [1.807, 2.05) is 24.3 Å². The van der Waals surface area contributed by atoms with Gasteiger partial charge in [0, 0.05) is 6.54 Å². The highest BCUT2D eigenvalue weighted by Crippen LogP contribution is 2.18. The predicted molar refractivity (Wildman–Crippen MR) is 81.1 cm³/mol. The molecule has 0 bridgehead atoms. The summed E-state index contributed by atoms with van der Waals surface area (Å²) in [6.07, 6.45) is 0.900. The lowest BCUT2D eigenvalue weighted by atomic mass is 10.1. The van der Waals surface area contributed by atoms with Crippen molar-refractivity contribution in [1.29, 1.82) is 0 Å². The third-order valence-electron chi connectivity index (χ3n) is 3.13. The third-order valence-corrected chi connectivity index (χ3v) is 3.75. The van der Waals surface area contributed by atoms with Gasteiger partial charge < -0.3 is 5.32 Å². The summed E-state index contributed by atoms with van der Waals surface area (Å²) in [6.45, 7) is 2.46. The summed E-state index contributed by atoms with van der Waals surface area (Å²) in [7, 11) is 0. The first-order chi connectivity index (χ1) is 9.63. The minimum absolute atomic E-state index is 0.0494. The number of hydrogen-bond acceptors (Lipinski definition) is 1. The van der Waals surface area contributed by atoms with Gasteiger partial charge in [-0.1, -0.05) is 37.3 Å². The van der Waals surface area contributed by atoms with Crippen LogP contribution >= 0.6 is 15.9 Å². The van der Waals surface area contributed by atoms with Crippen molar-refractivity contribution in [3.05, 3.63) is 69.4 Å². The van der Waals surface area contributed by atoms with E-state index in [9.17, 15) is 9.18 Å². The number of halogens is 2. The molecule has 0 unspecified atom stereocenters. The Morgan fingerprint density at radius 2 is 1.85 bits per heavy atom. The van der Waals surface area contributed by atoms with Gasteiger partial charge in [-0.2, -0.15) is 0 Å². The molecule has 0 saturated heterocycles. The summed E-state index contributed by atoms with van der Waals surface area (Å²) >= 11 is 3.08. The molecule has 2 rings (SSSR count). The number of carbonyl (C=O) groups excluding carboxylic acids is 1. The molecule has 1 N–H and O–H groups in total. The lowest BCUT2D eigenvalue weighted by Gasteiger charge is -2.10. The second-order valence-corrected chi connectivity index (χ2v) is 5.26. The largest absolute Gasteiger partial charge is 0.348 e. The fourth-order valence-corrected chi connectivity index (χ4v) is 2.39. The maximum absolute atomic E-state index is 13.8. The van der Waals surface area contributed by atoms with E-state index in [0.29, 0.717) is 11.0 Å². The van der Waals surface area contributed by atoms with Gasteiger partial charge in [-0.25, -0.2) is 4.39 Å². The molecule has 4 heteroatoms. The Labute approximate surface area is 126 Å². The quantitative estimate of drug-likeness (QED) is 0.896. The molecule has 0 atom stereocenters. The van der Waals surface area contributed by atoms with Crippen LogP contribution in [0.15, 0.2) is 46.9 Å². The van der Waals surface area contributed by atoms with Gasteiger partial charge in [0.25, 0.3) is 5.91 Å². The molecule has 2 nitrogen and oxygen atoms in total. The molecular weight excluding hydrogens is 321 g/mol. The van der Waals surface area contributed by atoms with Crippen molar-refractivity contribution in [2.75, 3.05) is 0 Å². The van der Waals surface area contributed by atoms with Crippen LogP contribution in [0.4, 0.5) is 4.39 Å². The molecule has 2 aromatic rings. The topological polar surface area (TPSA) is 29.1 Å². The van der Waals surface area contributed by atoms with E-state index in [4.69, 9.17) is 0 Å². The van der Waals surface area contributed by atoms with Crippen LogP contribution < -0.4 is 5.32 Å². The molecule has 0 aliphatic rings. The summed E-state index contributed by atoms with van der Waals surface area (Å²) in [5.41, 5.74) is 2.29. The van der Waals surface area contributed by atoms with Crippen molar-refractivity contribution >= 4 is 21.8 Å². The first-order valence-corrected chi connectivity index (χ1v) is 7.21. The van der Waals surface area contributed by atoms with Crippen LogP contribution in [0.5, 0.6) is 0 Å². The summed E-state index contributed by atoms with van der Waals surface area (Å²) in [5.74, 6) is -0.941. The fraction of sp³-hybridized carbons (Fsp3) is 0.188. The SMILES string of the molecule is CCc1ccccc1CNC(=O)c1cccc(Br)c1F. The van der Waals surface area contributed by atoms with E-state index in [0.717, 1.165) is 12.0 Å². The van der Waals surface area contributed by atoms with Crippen molar-refractivity contribution in [2.45, 2.75) is 19.9 Å². The maximum Gasteiger partial charge on any atom is 0.254 e. The van der Waals surface area contributed by atoms with Crippen LogP contribution in [0.3, 0.4) is 0 Å². The minimum atomic E-state index is -0.534. The van der Waals surface area contributed by atoms with Gasteiger partial charge in [-0.3, -0.25) is 4.79 Å². The Morgan fingerprint density at radius 3 is 2.55 bits per heavy atom. The number of rotatable bonds is 4. The Bertz CT molecular complexity index is 628. The van der Waals surface area contributed by atoms with E-state index in [2.05, 4.69) is 28.2 Å². The third kappa shape index (κ3) is 3.25. The highest BCUT2D eigenvalue weighted by molar-refractivity contribution is 9.10. The van der Waals surface area contributed by atoms with E-state index in [-0.39, 0.29) is 5.56 Å². The molecule has 20 heavy (non-hydrogen) atoms. The number of carbonyl (C=O) groups is 1. The number of nitrogens with one attached hydrogen (secondary N) is 1. The van der Waals surface area contributed by atoms with Gasteiger partial charge in [0.05, 0.1) is 10.0 Å². The zero-order valence-corrected chi connectivity index (χ0v) is 12.7. The lowest BCUT2D eigenvalue weighted by Crippen LogP contribution is -2.24. The average Bonchev–Trinajstić information content (AvgIpc) is 2.48. The Kier molecular flexibility index (Phi) is 4.90. The molecule has 0 saturated carbocycles. The standard InChI is InChI=1S/C16H15BrFNO/c1-2-11-6-3-4-7-12(11)10-19-16(20)13-8-5-9-14(17)15(13)18/h3-9H,2,10H2,1H3,(H,19,20). The van der Waals surface area contributed by atoms with Crippen molar-refractivity contribution in [3.8, 4) is 0 Å². The zero-order chi connectivity index (χ0) is 14.5. The molecule has 1 amide bonds. The molecule has 0 spiro atoms. The van der Waals surface area contributed by atoms with Crippen LogP contribution in [-0.2, 0) is 13.0 Å². The second kappa shape index (κ2) is 6.66. The Balaban J connectivity index is 2.11. The van der Waals surface area contributed by atoms with E-state index in [1.165, 1.54) is 11.6 Å². The van der Waals surface area contributed by atoms with Gasteiger partial charge in [0.15, 0.2) is 0 Å². The fourth-order valence-electron chi connectivity index (χ4n) is 2.02. The predicted octanol–water partition coefficient (Wildman–Crippen LogP) is 4.08. The molecule has 104 valence electrons. The molecule has 2 aromatic carbocycles. The van der Waals surface area contributed by atoms with Crippen LogP contribution in [0, 0.1) is 5.82 Å². The average molecular weight is 336 g/mol. The van der Waals surface area contributed by atoms with Crippen molar-refractivity contribution < 1.29 is 9.18 Å². The first-order valence-electron chi connectivity index (χ1n) is 6.42. The van der Waals surface area contributed by atoms with Crippen LogP contribution in [0.1, 0.15) is 28.4 Å². The molecule has 0 fully saturated rings.